The van der Waals surface area contributed by atoms with Gasteiger partial charge in [0, 0.05) is 26.2 Å². The van der Waals surface area contributed by atoms with Crippen LogP contribution in [0.15, 0.2) is 18.2 Å². The van der Waals surface area contributed by atoms with Crippen LogP contribution in [0.2, 0.25) is 0 Å². The van der Waals surface area contributed by atoms with Crippen LogP contribution in [0.4, 0.5) is 22.0 Å². The van der Waals surface area contributed by atoms with Crippen molar-refractivity contribution >= 4 is 11.8 Å². The van der Waals surface area contributed by atoms with Gasteiger partial charge in [-0.3, -0.25) is 9.59 Å². The molecule has 2 amide bonds. The molecular weight excluding hydrogens is 403 g/mol. The number of amides is 2. The minimum absolute atomic E-state index is 0.159. The lowest BCUT2D eigenvalue weighted by Crippen LogP contribution is -2.51. The molecule has 1 saturated heterocycles. The van der Waals surface area contributed by atoms with Crippen molar-refractivity contribution < 1.29 is 41.8 Å². The molecule has 1 heterocycles. The summed E-state index contributed by atoms with van der Waals surface area (Å²) in [5.41, 5.74) is -1.92. The Labute approximate surface area is 160 Å². The molecule has 3 rings (SSSR count). The van der Waals surface area contributed by atoms with Gasteiger partial charge in [-0.05, 0) is 12.1 Å². The van der Waals surface area contributed by atoms with E-state index in [9.17, 15) is 41.8 Å². The van der Waals surface area contributed by atoms with E-state index < -0.39 is 58.0 Å². The van der Waals surface area contributed by atoms with Crippen LogP contribution in [0, 0.1) is 29.1 Å². The van der Waals surface area contributed by atoms with Crippen molar-refractivity contribution in [3.8, 4) is 11.5 Å². The van der Waals surface area contributed by atoms with Crippen molar-refractivity contribution in [3.63, 3.8) is 0 Å². The van der Waals surface area contributed by atoms with Crippen LogP contribution in [0.3, 0.4) is 0 Å². The Kier molecular flexibility index (Phi) is 5.31. The number of benzene rings is 2. The third-order valence-corrected chi connectivity index (χ3v) is 4.51. The summed E-state index contributed by atoms with van der Waals surface area (Å²) in [5, 5.41) is 19.5. The first-order chi connectivity index (χ1) is 13.6. The third kappa shape index (κ3) is 3.43. The van der Waals surface area contributed by atoms with Gasteiger partial charge in [0.05, 0.1) is 0 Å². The van der Waals surface area contributed by atoms with E-state index in [1.165, 1.54) is 18.2 Å². The Bertz CT molecular complexity index is 957. The first kappa shape index (κ1) is 20.4. The minimum Gasteiger partial charge on any atom is -0.507 e. The van der Waals surface area contributed by atoms with Crippen LogP contribution < -0.4 is 0 Å². The number of nitrogens with zero attached hydrogens (tertiary/aromatic N) is 2. The van der Waals surface area contributed by atoms with Gasteiger partial charge in [-0.15, -0.1) is 0 Å². The van der Waals surface area contributed by atoms with E-state index in [1.807, 2.05) is 0 Å². The fourth-order valence-corrected chi connectivity index (χ4v) is 2.97. The maximum atomic E-state index is 13.8. The molecule has 11 heteroatoms. The first-order valence-corrected chi connectivity index (χ1v) is 8.26. The van der Waals surface area contributed by atoms with Crippen molar-refractivity contribution in [2.45, 2.75) is 0 Å². The second-order valence-electron chi connectivity index (χ2n) is 6.20. The van der Waals surface area contributed by atoms with E-state index in [0.717, 1.165) is 9.80 Å². The van der Waals surface area contributed by atoms with Gasteiger partial charge in [-0.25, -0.2) is 22.0 Å². The Hall–Kier alpha value is -3.37. The predicted molar refractivity (Wildman–Crippen MR) is 87.8 cm³/mol. The Balaban J connectivity index is 1.78. The van der Waals surface area contributed by atoms with Crippen LogP contribution in [0.5, 0.6) is 11.5 Å². The number of phenolic OH excluding ortho intramolecular Hbond substituents is 2. The Morgan fingerprint density at radius 2 is 1.00 bits per heavy atom. The monoisotopic (exact) mass is 416 g/mol. The number of phenols is 2. The van der Waals surface area contributed by atoms with Crippen LogP contribution >= 0.6 is 0 Å². The second kappa shape index (κ2) is 7.57. The molecule has 29 heavy (non-hydrogen) atoms. The average Bonchev–Trinajstić information content (AvgIpc) is 2.70. The van der Waals surface area contributed by atoms with Gasteiger partial charge in [0.25, 0.3) is 11.8 Å². The zero-order valence-electron chi connectivity index (χ0n) is 14.6. The van der Waals surface area contributed by atoms with E-state index in [2.05, 4.69) is 0 Å². The number of carbonyl (C=O) groups excluding carboxylic acids is 2. The largest absolute Gasteiger partial charge is 0.507 e. The van der Waals surface area contributed by atoms with Crippen LogP contribution in [-0.4, -0.2) is 58.0 Å². The number of aromatic hydroxyl groups is 2. The minimum atomic E-state index is -2.37. The lowest BCUT2D eigenvalue weighted by atomic mass is 10.1. The molecule has 1 aliphatic rings. The number of hydrogen-bond donors (Lipinski definition) is 2. The predicted octanol–water partition coefficient (Wildman–Crippen LogP) is 2.39. The van der Waals surface area contributed by atoms with Gasteiger partial charge >= 0.3 is 0 Å². The van der Waals surface area contributed by atoms with E-state index in [0.29, 0.717) is 0 Å². The Morgan fingerprint density at radius 3 is 1.41 bits per heavy atom. The zero-order chi connectivity index (χ0) is 21.5. The smallest absolute Gasteiger partial charge is 0.261 e. The fourth-order valence-electron chi connectivity index (χ4n) is 2.97. The van der Waals surface area contributed by atoms with Crippen LogP contribution in [0.25, 0.3) is 0 Å². The van der Waals surface area contributed by atoms with Gasteiger partial charge in [-0.2, -0.15) is 0 Å². The summed E-state index contributed by atoms with van der Waals surface area (Å²) >= 11 is 0. The van der Waals surface area contributed by atoms with Crippen molar-refractivity contribution in [2.24, 2.45) is 0 Å². The summed E-state index contributed by atoms with van der Waals surface area (Å²) in [6.45, 7) is -0.849. The van der Waals surface area contributed by atoms with E-state index >= 15 is 0 Å². The third-order valence-electron chi connectivity index (χ3n) is 4.51. The molecule has 2 N–H and O–H groups in total. The van der Waals surface area contributed by atoms with Crippen molar-refractivity contribution in [3.05, 3.63) is 58.4 Å². The molecular formula is C18H13F5N2O4. The summed E-state index contributed by atoms with van der Waals surface area (Å²) in [7, 11) is 0. The normalized spacial score (nSPS) is 14.2. The molecule has 0 atom stereocenters. The van der Waals surface area contributed by atoms with E-state index in [-0.39, 0.29) is 31.7 Å². The number of halogens is 5. The maximum absolute atomic E-state index is 13.8. The molecule has 0 spiro atoms. The highest BCUT2D eigenvalue weighted by Gasteiger charge is 2.34. The number of carbonyl (C=O) groups is 2. The molecule has 1 fully saturated rings. The lowest BCUT2D eigenvalue weighted by Gasteiger charge is -2.35. The standard InChI is InChI=1S/C18H13F5N2O4/c19-12-11(13(20)15(22)16(23)14(12)21)18(29)25-6-4-24(5-7-25)17(28)10-8(26)2-1-3-9(10)27/h1-3,26-27H,4-7H2. The topological polar surface area (TPSA) is 81.1 Å². The maximum Gasteiger partial charge on any atom is 0.261 e. The summed E-state index contributed by atoms with van der Waals surface area (Å²) in [6, 6.07) is 3.70. The highest BCUT2D eigenvalue weighted by Crippen LogP contribution is 2.29. The number of piperazine rings is 1. The molecule has 6 nitrogen and oxygen atoms in total. The summed E-state index contributed by atoms with van der Waals surface area (Å²) in [6.07, 6.45) is 0. The second-order valence-corrected chi connectivity index (χ2v) is 6.20. The number of rotatable bonds is 2. The molecule has 1 aliphatic heterocycles. The molecule has 2 aromatic rings. The highest BCUT2D eigenvalue weighted by molar-refractivity contribution is 6.00. The molecule has 154 valence electrons. The quantitative estimate of drug-likeness (QED) is 0.448. The molecule has 0 aliphatic carbocycles. The van der Waals surface area contributed by atoms with Crippen molar-refractivity contribution in [2.75, 3.05) is 26.2 Å². The van der Waals surface area contributed by atoms with E-state index in [1.54, 1.807) is 0 Å². The van der Waals surface area contributed by atoms with E-state index in [4.69, 9.17) is 0 Å². The zero-order valence-corrected chi connectivity index (χ0v) is 14.6. The van der Waals surface area contributed by atoms with Crippen LogP contribution in [0.1, 0.15) is 20.7 Å². The lowest BCUT2D eigenvalue weighted by molar-refractivity contribution is 0.0524. The molecule has 0 unspecified atom stereocenters. The molecule has 0 radical (unpaired) electrons. The molecule has 0 aromatic heterocycles. The molecule has 0 saturated carbocycles. The van der Waals surface area contributed by atoms with Gasteiger partial charge < -0.3 is 20.0 Å². The summed E-state index contributed by atoms with van der Waals surface area (Å²) in [5.74, 6) is -14.4. The molecule has 2 aromatic carbocycles. The first-order valence-electron chi connectivity index (χ1n) is 8.26. The summed E-state index contributed by atoms with van der Waals surface area (Å²) < 4.78 is 67.5. The van der Waals surface area contributed by atoms with Crippen molar-refractivity contribution in [1.82, 2.24) is 9.80 Å². The van der Waals surface area contributed by atoms with Gasteiger partial charge in [0.1, 0.15) is 22.6 Å². The Morgan fingerprint density at radius 1 is 0.655 bits per heavy atom. The molecule has 0 bridgehead atoms. The van der Waals surface area contributed by atoms with Gasteiger partial charge in [-0.1, -0.05) is 6.07 Å². The highest BCUT2D eigenvalue weighted by atomic mass is 19.2. The SMILES string of the molecule is O=C(c1c(O)cccc1O)N1CCN(C(=O)c2c(F)c(F)c(F)c(F)c2F)CC1. The van der Waals surface area contributed by atoms with Crippen molar-refractivity contribution in [1.29, 1.82) is 0 Å². The fraction of sp³-hybridized carbons (Fsp3) is 0.222. The average molecular weight is 416 g/mol. The van der Waals surface area contributed by atoms with Gasteiger partial charge in [0.2, 0.25) is 5.82 Å². The number of hydrogen-bond acceptors (Lipinski definition) is 4. The van der Waals surface area contributed by atoms with Crippen LogP contribution in [-0.2, 0) is 0 Å². The van der Waals surface area contributed by atoms with Gasteiger partial charge in [0.15, 0.2) is 23.3 Å². The summed E-state index contributed by atoms with van der Waals surface area (Å²) in [4.78, 5) is 26.8.